The number of phenolic OH excluding ortho intramolecular Hbond substituents is 1. The van der Waals surface area contributed by atoms with Gasteiger partial charge in [-0.1, -0.05) is 35.3 Å². The minimum absolute atomic E-state index is 0.0148. The van der Waals surface area contributed by atoms with Crippen LogP contribution in [0, 0.1) is 0 Å². The average molecular weight is 484 g/mol. The third-order valence-corrected chi connectivity index (χ3v) is 6.22. The predicted octanol–water partition coefficient (Wildman–Crippen LogP) is 5.05. The number of halogens is 2. The number of rotatable bonds is 3. The van der Waals surface area contributed by atoms with Crippen LogP contribution >= 0.6 is 23.2 Å². The molecule has 33 heavy (non-hydrogen) atoms. The predicted molar refractivity (Wildman–Crippen MR) is 122 cm³/mol. The SMILES string of the molecule is O=C1C(=O)N(c2ccc(Cl)c(Cl)c2)C(c2ccc(O)cc2)/C1=C(/O)c1ccc2c(c1)OCO2. The molecular formula is C24H15Cl2NO6. The molecule has 1 amide bonds. The van der Waals surface area contributed by atoms with Gasteiger partial charge >= 0.3 is 0 Å². The van der Waals surface area contributed by atoms with Crippen molar-refractivity contribution in [2.24, 2.45) is 0 Å². The molecule has 2 N–H and O–H groups in total. The Hall–Kier alpha value is -3.68. The summed E-state index contributed by atoms with van der Waals surface area (Å²) < 4.78 is 10.7. The van der Waals surface area contributed by atoms with Gasteiger partial charge in [-0.25, -0.2) is 0 Å². The van der Waals surface area contributed by atoms with Gasteiger partial charge in [-0.2, -0.15) is 0 Å². The number of Topliss-reactive ketones (excluding diaryl/α,β-unsaturated/α-hetero) is 1. The second-order valence-corrected chi connectivity index (χ2v) is 8.24. The summed E-state index contributed by atoms with van der Waals surface area (Å²) in [4.78, 5) is 27.6. The van der Waals surface area contributed by atoms with E-state index in [0.717, 1.165) is 0 Å². The second kappa shape index (κ2) is 8.03. The van der Waals surface area contributed by atoms with E-state index >= 15 is 0 Å². The van der Waals surface area contributed by atoms with Crippen molar-refractivity contribution in [2.75, 3.05) is 11.7 Å². The zero-order chi connectivity index (χ0) is 23.3. The van der Waals surface area contributed by atoms with Crippen molar-refractivity contribution in [1.82, 2.24) is 0 Å². The molecule has 1 atom stereocenters. The molecule has 0 bridgehead atoms. The molecule has 3 aromatic rings. The maximum atomic E-state index is 13.2. The maximum Gasteiger partial charge on any atom is 0.300 e. The minimum Gasteiger partial charge on any atom is -0.508 e. The van der Waals surface area contributed by atoms with Gasteiger partial charge in [0, 0.05) is 11.3 Å². The average Bonchev–Trinajstić information content (AvgIpc) is 3.38. The Labute approximate surface area is 198 Å². The first kappa shape index (κ1) is 21.2. The summed E-state index contributed by atoms with van der Waals surface area (Å²) >= 11 is 12.2. The lowest BCUT2D eigenvalue weighted by atomic mass is 9.95. The van der Waals surface area contributed by atoms with Crippen LogP contribution in [0.25, 0.3) is 5.76 Å². The highest BCUT2D eigenvalue weighted by atomic mass is 35.5. The van der Waals surface area contributed by atoms with Crippen LogP contribution in [0.2, 0.25) is 10.0 Å². The molecular weight excluding hydrogens is 469 g/mol. The molecule has 5 rings (SSSR count). The van der Waals surface area contributed by atoms with Crippen LogP contribution in [0.4, 0.5) is 5.69 Å². The van der Waals surface area contributed by atoms with E-state index in [1.807, 2.05) is 0 Å². The third-order valence-electron chi connectivity index (χ3n) is 5.48. The number of benzene rings is 3. The summed E-state index contributed by atoms with van der Waals surface area (Å²) in [6, 6.07) is 14.3. The Morgan fingerprint density at radius 3 is 2.36 bits per heavy atom. The van der Waals surface area contributed by atoms with Gasteiger partial charge in [0.05, 0.1) is 21.7 Å². The summed E-state index contributed by atoms with van der Waals surface area (Å²) in [6.07, 6.45) is 0. The number of aliphatic hydroxyl groups excluding tert-OH is 1. The van der Waals surface area contributed by atoms with Crippen LogP contribution in [-0.4, -0.2) is 28.7 Å². The first-order chi connectivity index (χ1) is 15.8. The van der Waals surface area contributed by atoms with Crippen LogP contribution < -0.4 is 14.4 Å². The highest BCUT2D eigenvalue weighted by molar-refractivity contribution is 6.52. The van der Waals surface area contributed by atoms with Crippen molar-refractivity contribution in [3.8, 4) is 17.2 Å². The van der Waals surface area contributed by atoms with E-state index in [1.165, 1.54) is 35.2 Å². The van der Waals surface area contributed by atoms with Crippen LogP contribution in [-0.2, 0) is 9.59 Å². The van der Waals surface area contributed by atoms with Gasteiger partial charge < -0.3 is 19.7 Å². The number of hydrogen-bond donors (Lipinski definition) is 2. The molecule has 1 fully saturated rings. The smallest absolute Gasteiger partial charge is 0.300 e. The van der Waals surface area contributed by atoms with Crippen LogP contribution in [0.1, 0.15) is 17.2 Å². The van der Waals surface area contributed by atoms with E-state index in [9.17, 15) is 19.8 Å². The van der Waals surface area contributed by atoms with Crippen molar-refractivity contribution < 1.29 is 29.3 Å². The topological polar surface area (TPSA) is 96.3 Å². The number of carbonyl (C=O) groups is 2. The standard InChI is InChI=1S/C24H15Cl2NO6/c25-16-7-4-14(10-17(16)26)27-21(12-1-5-15(28)6-2-12)20(23(30)24(27)31)22(29)13-3-8-18-19(9-13)33-11-32-18/h1-10,21,28-29H,11H2/b22-20-. The molecule has 2 aliphatic heterocycles. The number of ketones is 1. The van der Waals surface area contributed by atoms with Gasteiger partial charge in [0.2, 0.25) is 6.79 Å². The maximum absolute atomic E-state index is 13.2. The van der Waals surface area contributed by atoms with Gasteiger partial charge in [0.15, 0.2) is 11.5 Å². The first-order valence-electron chi connectivity index (χ1n) is 9.80. The van der Waals surface area contributed by atoms with Crippen molar-refractivity contribution in [3.05, 3.63) is 87.4 Å². The number of phenols is 1. The van der Waals surface area contributed by atoms with Crippen LogP contribution in [0.3, 0.4) is 0 Å². The number of nitrogens with zero attached hydrogens (tertiary/aromatic N) is 1. The fourth-order valence-corrected chi connectivity index (χ4v) is 4.20. The number of carbonyl (C=O) groups excluding carboxylic acids is 2. The number of aromatic hydroxyl groups is 1. The summed E-state index contributed by atoms with van der Waals surface area (Å²) in [6.45, 7) is 0.0504. The molecule has 9 heteroatoms. The molecule has 166 valence electrons. The quantitative estimate of drug-likeness (QED) is 0.307. The van der Waals surface area contributed by atoms with Gasteiger partial charge in [0.25, 0.3) is 11.7 Å². The summed E-state index contributed by atoms with van der Waals surface area (Å²) in [5.74, 6) is -1.13. The van der Waals surface area contributed by atoms with Gasteiger partial charge in [0.1, 0.15) is 11.5 Å². The second-order valence-electron chi connectivity index (χ2n) is 7.43. The van der Waals surface area contributed by atoms with Crippen molar-refractivity contribution >= 4 is 46.3 Å². The fraction of sp³-hybridized carbons (Fsp3) is 0.0833. The molecule has 7 nitrogen and oxygen atoms in total. The normalized spacial score (nSPS) is 18.7. The monoisotopic (exact) mass is 483 g/mol. The lowest BCUT2D eigenvalue weighted by Crippen LogP contribution is -2.29. The number of hydrogen-bond acceptors (Lipinski definition) is 6. The van der Waals surface area contributed by atoms with E-state index in [-0.39, 0.29) is 34.5 Å². The Bertz CT molecular complexity index is 1340. The Balaban J connectivity index is 1.71. The van der Waals surface area contributed by atoms with Gasteiger partial charge in [-0.15, -0.1) is 0 Å². The Morgan fingerprint density at radius 1 is 0.909 bits per heavy atom. The van der Waals surface area contributed by atoms with E-state index in [0.29, 0.717) is 27.8 Å². The van der Waals surface area contributed by atoms with E-state index in [2.05, 4.69) is 0 Å². The lowest BCUT2D eigenvalue weighted by molar-refractivity contribution is -0.132. The molecule has 0 radical (unpaired) electrons. The Kier molecular flexibility index (Phi) is 5.15. The molecule has 0 aliphatic carbocycles. The number of amides is 1. The molecule has 2 aliphatic rings. The number of aliphatic hydroxyl groups is 1. The summed E-state index contributed by atoms with van der Waals surface area (Å²) in [7, 11) is 0. The van der Waals surface area contributed by atoms with E-state index in [1.54, 1.807) is 30.3 Å². The number of fused-ring (bicyclic) bond motifs is 1. The highest BCUT2D eigenvalue weighted by Gasteiger charge is 2.47. The zero-order valence-corrected chi connectivity index (χ0v) is 18.3. The van der Waals surface area contributed by atoms with Gasteiger partial charge in [-0.05, 0) is 54.1 Å². The van der Waals surface area contributed by atoms with Crippen LogP contribution in [0.5, 0.6) is 17.2 Å². The van der Waals surface area contributed by atoms with E-state index in [4.69, 9.17) is 32.7 Å². The van der Waals surface area contributed by atoms with E-state index < -0.39 is 17.7 Å². The molecule has 0 spiro atoms. The number of ether oxygens (including phenoxy) is 2. The summed E-state index contributed by atoms with van der Waals surface area (Å²) in [5, 5.41) is 21.4. The largest absolute Gasteiger partial charge is 0.508 e. The minimum atomic E-state index is -0.978. The summed E-state index contributed by atoms with van der Waals surface area (Å²) in [5.41, 5.74) is 1.00. The molecule has 1 unspecified atom stereocenters. The van der Waals surface area contributed by atoms with Gasteiger partial charge in [-0.3, -0.25) is 14.5 Å². The van der Waals surface area contributed by atoms with Crippen LogP contribution in [0.15, 0.2) is 66.2 Å². The van der Waals surface area contributed by atoms with Crippen molar-refractivity contribution in [2.45, 2.75) is 6.04 Å². The van der Waals surface area contributed by atoms with Crippen molar-refractivity contribution in [3.63, 3.8) is 0 Å². The molecule has 2 heterocycles. The number of anilines is 1. The molecule has 0 aromatic heterocycles. The van der Waals surface area contributed by atoms with Crippen molar-refractivity contribution in [1.29, 1.82) is 0 Å². The highest BCUT2D eigenvalue weighted by Crippen LogP contribution is 2.44. The first-order valence-corrected chi connectivity index (χ1v) is 10.6. The molecule has 1 saturated heterocycles. The fourth-order valence-electron chi connectivity index (χ4n) is 3.91. The third kappa shape index (κ3) is 3.55. The molecule has 3 aromatic carbocycles. The molecule has 0 saturated carbocycles. The lowest BCUT2D eigenvalue weighted by Gasteiger charge is -2.25. The zero-order valence-electron chi connectivity index (χ0n) is 16.8. The Morgan fingerprint density at radius 2 is 1.64 bits per heavy atom.